The third-order valence-electron chi connectivity index (χ3n) is 1.43. The van der Waals surface area contributed by atoms with Gasteiger partial charge in [0.25, 0.3) is 6.43 Å². The second-order valence-corrected chi connectivity index (χ2v) is 2.54. The maximum absolute atomic E-state index is 12.1. The molecule has 0 aliphatic rings. The van der Waals surface area contributed by atoms with Crippen LogP contribution in [-0.2, 0) is 0 Å². The van der Waals surface area contributed by atoms with Gasteiger partial charge in [-0.05, 0) is 12.5 Å². The molecule has 0 unspecified atom stereocenters. The van der Waals surface area contributed by atoms with Crippen molar-refractivity contribution in [1.29, 1.82) is 0 Å². The predicted molar refractivity (Wildman–Crippen MR) is 38.9 cm³/mol. The van der Waals surface area contributed by atoms with Crippen molar-refractivity contribution in [2.24, 2.45) is 0 Å². The number of alkyl halides is 2. The van der Waals surface area contributed by atoms with E-state index in [2.05, 4.69) is 4.98 Å². The Morgan fingerprint density at radius 2 is 2.09 bits per heavy atom. The summed E-state index contributed by atoms with van der Waals surface area (Å²) in [4.78, 5) is 3.55. The first kappa shape index (κ1) is 8.40. The number of nitrogens with zero attached hydrogens (tertiary/aromatic N) is 1. The van der Waals surface area contributed by atoms with Gasteiger partial charge < -0.3 is 0 Å². The van der Waals surface area contributed by atoms with Gasteiger partial charge in [0.1, 0.15) is 0 Å². The van der Waals surface area contributed by atoms with E-state index in [1.807, 2.05) is 0 Å². The lowest BCUT2D eigenvalue weighted by atomic mass is 10.2. The van der Waals surface area contributed by atoms with E-state index < -0.39 is 6.43 Å². The van der Waals surface area contributed by atoms with Crippen LogP contribution >= 0.6 is 11.6 Å². The topological polar surface area (TPSA) is 12.9 Å². The molecule has 0 aromatic carbocycles. The van der Waals surface area contributed by atoms with Gasteiger partial charge in [-0.1, -0.05) is 11.6 Å². The Morgan fingerprint density at radius 1 is 1.45 bits per heavy atom. The van der Waals surface area contributed by atoms with Gasteiger partial charge in [0.2, 0.25) is 0 Å². The second kappa shape index (κ2) is 3.13. The molecule has 0 saturated heterocycles. The van der Waals surface area contributed by atoms with Crippen LogP contribution in [0.2, 0.25) is 5.02 Å². The van der Waals surface area contributed by atoms with Gasteiger partial charge >= 0.3 is 0 Å². The van der Waals surface area contributed by atoms with Crippen molar-refractivity contribution in [2.45, 2.75) is 13.3 Å². The highest BCUT2D eigenvalue weighted by molar-refractivity contribution is 6.31. The highest BCUT2D eigenvalue weighted by Crippen LogP contribution is 2.25. The molecule has 0 bridgehead atoms. The van der Waals surface area contributed by atoms with Crippen LogP contribution in [0.3, 0.4) is 0 Å². The van der Waals surface area contributed by atoms with E-state index in [1.54, 1.807) is 6.92 Å². The molecule has 1 heterocycles. The van der Waals surface area contributed by atoms with Gasteiger partial charge in [0, 0.05) is 18.0 Å². The van der Waals surface area contributed by atoms with Crippen molar-refractivity contribution in [2.75, 3.05) is 0 Å². The van der Waals surface area contributed by atoms with Gasteiger partial charge in [-0.15, -0.1) is 0 Å². The number of hydrogen-bond acceptors (Lipinski definition) is 1. The molecule has 0 saturated carbocycles. The zero-order valence-electron chi connectivity index (χ0n) is 5.81. The summed E-state index contributed by atoms with van der Waals surface area (Å²) in [6, 6.07) is 0. The summed E-state index contributed by atoms with van der Waals surface area (Å²) in [6.45, 7) is 1.55. The first-order valence-corrected chi connectivity index (χ1v) is 3.39. The van der Waals surface area contributed by atoms with E-state index in [0.717, 1.165) is 6.20 Å². The SMILES string of the molecule is Cc1c(Cl)cncc1C(F)F. The van der Waals surface area contributed by atoms with Crippen molar-refractivity contribution in [3.8, 4) is 0 Å². The van der Waals surface area contributed by atoms with E-state index in [-0.39, 0.29) is 10.6 Å². The maximum Gasteiger partial charge on any atom is 0.265 e. The number of hydrogen-bond donors (Lipinski definition) is 0. The molecule has 0 spiro atoms. The lowest BCUT2D eigenvalue weighted by molar-refractivity contribution is 0.150. The fraction of sp³-hybridized carbons (Fsp3) is 0.286. The van der Waals surface area contributed by atoms with Crippen molar-refractivity contribution < 1.29 is 8.78 Å². The van der Waals surface area contributed by atoms with E-state index in [1.165, 1.54) is 6.20 Å². The van der Waals surface area contributed by atoms with Crippen LogP contribution in [0, 0.1) is 6.92 Å². The molecule has 1 rings (SSSR count). The minimum absolute atomic E-state index is 0.0995. The molecule has 0 atom stereocenters. The minimum atomic E-state index is -2.50. The Morgan fingerprint density at radius 3 is 2.55 bits per heavy atom. The lowest BCUT2D eigenvalue weighted by Crippen LogP contribution is -1.91. The van der Waals surface area contributed by atoms with Crippen molar-refractivity contribution in [3.63, 3.8) is 0 Å². The molecule has 1 aromatic heterocycles. The lowest BCUT2D eigenvalue weighted by Gasteiger charge is -2.03. The highest BCUT2D eigenvalue weighted by atomic mass is 35.5. The van der Waals surface area contributed by atoms with Crippen LogP contribution in [0.5, 0.6) is 0 Å². The highest BCUT2D eigenvalue weighted by Gasteiger charge is 2.11. The van der Waals surface area contributed by atoms with Crippen molar-refractivity contribution in [3.05, 3.63) is 28.5 Å². The smallest absolute Gasteiger partial charge is 0.263 e. The third-order valence-corrected chi connectivity index (χ3v) is 1.81. The fourth-order valence-electron chi connectivity index (χ4n) is 0.735. The number of pyridine rings is 1. The Kier molecular flexibility index (Phi) is 2.39. The van der Waals surface area contributed by atoms with Crippen LogP contribution in [0.15, 0.2) is 12.4 Å². The summed E-state index contributed by atoms with van der Waals surface area (Å²) in [5.41, 5.74) is 0.300. The molecule has 0 aliphatic heterocycles. The molecule has 0 N–H and O–H groups in total. The normalized spacial score (nSPS) is 10.6. The number of rotatable bonds is 1. The first-order valence-electron chi connectivity index (χ1n) is 3.01. The maximum atomic E-state index is 12.1. The van der Waals surface area contributed by atoms with Crippen LogP contribution < -0.4 is 0 Å². The van der Waals surface area contributed by atoms with Gasteiger partial charge in [-0.3, -0.25) is 4.98 Å². The first-order chi connectivity index (χ1) is 5.13. The standard InChI is InChI=1S/C7H6ClF2N/c1-4-5(7(9)10)2-11-3-6(4)8/h2-3,7H,1H3. The van der Waals surface area contributed by atoms with E-state index >= 15 is 0 Å². The Bertz CT molecular complexity index is 263. The zero-order valence-corrected chi connectivity index (χ0v) is 6.57. The van der Waals surface area contributed by atoms with Crippen LogP contribution in [0.4, 0.5) is 8.78 Å². The summed E-state index contributed by atoms with van der Waals surface area (Å²) in [6.07, 6.45) is -0.0181. The molecule has 1 nitrogen and oxygen atoms in total. The summed E-state index contributed by atoms with van der Waals surface area (Å²) >= 11 is 5.56. The fourth-order valence-corrected chi connectivity index (χ4v) is 0.900. The quantitative estimate of drug-likeness (QED) is 0.643. The molecule has 1 aromatic rings. The van der Waals surface area contributed by atoms with Crippen molar-refractivity contribution >= 4 is 11.6 Å². The molecule has 4 heteroatoms. The van der Waals surface area contributed by atoms with Crippen LogP contribution in [0.1, 0.15) is 17.6 Å². The molecule has 60 valence electrons. The molecule has 11 heavy (non-hydrogen) atoms. The molecular weight excluding hydrogens is 172 g/mol. The average molecular weight is 178 g/mol. The Hall–Kier alpha value is -0.700. The van der Waals surface area contributed by atoms with Gasteiger partial charge in [0.05, 0.1) is 5.02 Å². The predicted octanol–water partition coefficient (Wildman–Crippen LogP) is 2.98. The molecule has 0 fully saturated rings. The monoisotopic (exact) mass is 177 g/mol. The minimum Gasteiger partial charge on any atom is -0.263 e. The summed E-state index contributed by atoms with van der Waals surface area (Å²) < 4.78 is 24.2. The second-order valence-electron chi connectivity index (χ2n) is 2.14. The van der Waals surface area contributed by atoms with Crippen LogP contribution in [-0.4, -0.2) is 4.98 Å². The van der Waals surface area contributed by atoms with Crippen molar-refractivity contribution in [1.82, 2.24) is 4.98 Å². The molecule has 0 amide bonds. The van der Waals surface area contributed by atoms with Gasteiger partial charge in [0.15, 0.2) is 0 Å². The largest absolute Gasteiger partial charge is 0.265 e. The molecule has 0 radical (unpaired) electrons. The van der Waals surface area contributed by atoms with E-state index in [9.17, 15) is 8.78 Å². The zero-order chi connectivity index (χ0) is 8.43. The summed E-state index contributed by atoms with van der Waals surface area (Å²) in [5, 5.41) is 0.280. The third kappa shape index (κ3) is 1.66. The van der Waals surface area contributed by atoms with E-state index in [0.29, 0.717) is 5.56 Å². The van der Waals surface area contributed by atoms with Gasteiger partial charge in [-0.2, -0.15) is 0 Å². The number of aromatic nitrogens is 1. The van der Waals surface area contributed by atoms with Crippen LogP contribution in [0.25, 0.3) is 0 Å². The molecule has 0 aliphatic carbocycles. The summed E-state index contributed by atoms with van der Waals surface area (Å²) in [7, 11) is 0. The summed E-state index contributed by atoms with van der Waals surface area (Å²) in [5.74, 6) is 0. The number of halogens is 3. The van der Waals surface area contributed by atoms with E-state index in [4.69, 9.17) is 11.6 Å². The van der Waals surface area contributed by atoms with Gasteiger partial charge in [-0.25, -0.2) is 8.78 Å². The Balaban J connectivity index is 3.17. The molecular formula is C7H6ClF2N. The average Bonchev–Trinajstić information content (AvgIpc) is 1.94. The Labute approximate surface area is 68.0 Å².